The molecule has 0 aliphatic carbocycles. The van der Waals surface area contributed by atoms with Gasteiger partial charge in [0.1, 0.15) is 11.6 Å². The summed E-state index contributed by atoms with van der Waals surface area (Å²) in [6.07, 6.45) is 5.21. The zero-order valence-electron chi connectivity index (χ0n) is 13.0. The number of rotatable bonds is 4. The van der Waals surface area contributed by atoms with Crippen LogP contribution in [0.4, 0.5) is 10.2 Å². The molecule has 7 heteroatoms. The van der Waals surface area contributed by atoms with Crippen LogP contribution >= 0.6 is 11.6 Å². The number of hydrogen-bond acceptors (Lipinski definition) is 4. The number of aromatic nitrogens is 4. The minimum Gasteiger partial charge on any atom is -0.364 e. The summed E-state index contributed by atoms with van der Waals surface area (Å²) in [6.45, 7) is 0.306. The summed E-state index contributed by atoms with van der Waals surface area (Å²) in [5.41, 5.74) is 3.08. The molecular formula is C18H13ClFN5. The van der Waals surface area contributed by atoms with Crippen molar-refractivity contribution in [3.05, 3.63) is 77.5 Å². The van der Waals surface area contributed by atoms with Crippen molar-refractivity contribution in [1.82, 2.24) is 19.6 Å². The number of nitrogens with zero attached hydrogens (tertiary/aromatic N) is 4. The monoisotopic (exact) mass is 353 g/mol. The van der Waals surface area contributed by atoms with Gasteiger partial charge >= 0.3 is 0 Å². The third-order valence-electron chi connectivity index (χ3n) is 3.81. The van der Waals surface area contributed by atoms with Gasteiger partial charge in [-0.15, -0.1) is 5.10 Å². The number of imidazole rings is 1. The Labute approximate surface area is 148 Å². The van der Waals surface area contributed by atoms with Gasteiger partial charge in [0.15, 0.2) is 5.65 Å². The van der Waals surface area contributed by atoms with E-state index in [0.29, 0.717) is 22.9 Å². The first-order valence-corrected chi connectivity index (χ1v) is 8.01. The molecule has 0 saturated carbocycles. The quantitative estimate of drug-likeness (QED) is 0.597. The van der Waals surface area contributed by atoms with E-state index < -0.39 is 0 Å². The number of hydrogen-bond donors (Lipinski definition) is 1. The van der Waals surface area contributed by atoms with Crippen molar-refractivity contribution in [2.45, 2.75) is 6.54 Å². The van der Waals surface area contributed by atoms with Crippen LogP contribution in [0.2, 0.25) is 5.02 Å². The molecule has 124 valence electrons. The molecule has 1 aromatic carbocycles. The molecule has 0 spiro atoms. The molecular weight excluding hydrogens is 341 g/mol. The Morgan fingerprint density at radius 1 is 1.08 bits per heavy atom. The standard InChI is InChI=1S/C18H13ClFN5/c19-14-2-1-13(15(20)9-14)10-22-17-3-4-18-23-11-16(25(18)24-17)12-5-7-21-8-6-12/h1-9,11H,10H2,(H,22,24). The van der Waals surface area contributed by atoms with Crippen LogP contribution in [0.25, 0.3) is 16.9 Å². The predicted molar refractivity (Wildman–Crippen MR) is 95.0 cm³/mol. The lowest BCUT2D eigenvalue weighted by molar-refractivity contribution is 0.613. The molecule has 0 fully saturated rings. The summed E-state index contributed by atoms with van der Waals surface area (Å²) in [7, 11) is 0. The van der Waals surface area contributed by atoms with E-state index in [9.17, 15) is 4.39 Å². The van der Waals surface area contributed by atoms with Gasteiger partial charge in [0.2, 0.25) is 0 Å². The molecule has 0 amide bonds. The summed E-state index contributed by atoms with van der Waals surface area (Å²) in [5.74, 6) is 0.274. The number of nitrogens with one attached hydrogen (secondary N) is 1. The van der Waals surface area contributed by atoms with E-state index in [0.717, 1.165) is 16.9 Å². The second-order valence-corrected chi connectivity index (χ2v) is 5.89. The van der Waals surface area contributed by atoms with Crippen LogP contribution in [0.3, 0.4) is 0 Å². The Morgan fingerprint density at radius 2 is 1.92 bits per heavy atom. The molecule has 0 unspecified atom stereocenters. The highest BCUT2D eigenvalue weighted by Crippen LogP contribution is 2.20. The second-order valence-electron chi connectivity index (χ2n) is 5.46. The van der Waals surface area contributed by atoms with Crippen molar-refractivity contribution in [2.24, 2.45) is 0 Å². The normalized spacial score (nSPS) is 11.0. The van der Waals surface area contributed by atoms with E-state index in [1.54, 1.807) is 35.2 Å². The fraction of sp³-hybridized carbons (Fsp3) is 0.0556. The van der Waals surface area contributed by atoms with Crippen LogP contribution in [-0.4, -0.2) is 19.6 Å². The zero-order chi connectivity index (χ0) is 17.2. The van der Waals surface area contributed by atoms with Crippen LogP contribution in [0.5, 0.6) is 0 Å². The van der Waals surface area contributed by atoms with Gasteiger partial charge in [-0.1, -0.05) is 17.7 Å². The third-order valence-corrected chi connectivity index (χ3v) is 4.05. The van der Waals surface area contributed by atoms with Crippen LogP contribution in [0.1, 0.15) is 5.56 Å². The number of pyridine rings is 1. The number of anilines is 1. The highest BCUT2D eigenvalue weighted by molar-refractivity contribution is 6.30. The van der Waals surface area contributed by atoms with Gasteiger partial charge < -0.3 is 5.32 Å². The molecule has 1 N–H and O–H groups in total. The van der Waals surface area contributed by atoms with Crippen LogP contribution in [0, 0.1) is 5.82 Å². The molecule has 0 aliphatic rings. The third kappa shape index (κ3) is 3.16. The first-order chi connectivity index (χ1) is 12.2. The van der Waals surface area contributed by atoms with Gasteiger partial charge in [0, 0.05) is 35.1 Å². The summed E-state index contributed by atoms with van der Waals surface area (Å²) in [6, 6.07) is 12.1. The lowest BCUT2D eigenvalue weighted by Crippen LogP contribution is -2.06. The maximum atomic E-state index is 13.9. The fourth-order valence-electron chi connectivity index (χ4n) is 2.54. The Balaban J connectivity index is 1.62. The number of fused-ring (bicyclic) bond motifs is 1. The Morgan fingerprint density at radius 3 is 2.72 bits per heavy atom. The number of halogens is 2. The Kier molecular flexibility index (Phi) is 4.03. The van der Waals surface area contributed by atoms with Crippen molar-refractivity contribution < 1.29 is 4.39 Å². The SMILES string of the molecule is Fc1cc(Cl)ccc1CNc1ccc2ncc(-c3ccncc3)n2n1. The molecule has 5 nitrogen and oxygen atoms in total. The van der Waals surface area contributed by atoms with Crippen molar-refractivity contribution in [2.75, 3.05) is 5.32 Å². The van der Waals surface area contributed by atoms with Gasteiger partial charge in [0.25, 0.3) is 0 Å². The van der Waals surface area contributed by atoms with Gasteiger partial charge in [-0.2, -0.15) is 0 Å². The van der Waals surface area contributed by atoms with E-state index in [4.69, 9.17) is 11.6 Å². The van der Waals surface area contributed by atoms with E-state index in [1.807, 2.05) is 24.3 Å². The summed E-state index contributed by atoms with van der Waals surface area (Å²) in [5, 5.41) is 8.05. The number of benzene rings is 1. The smallest absolute Gasteiger partial charge is 0.154 e. The van der Waals surface area contributed by atoms with Crippen LogP contribution in [0.15, 0.2) is 61.1 Å². The van der Waals surface area contributed by atoms with Crippen LogP contribution in [-0.2, 0) is 6.54 Å². The van der Waals surface area contributed by atoms with Crippen molar-refractivity contribution in [1.29, 1.82) is 0 Å². The molecule has 4 aromatic rings. The molecule has 25 heavy (non-hydrogen) atoms. The zero-order valence-corrected chi connectivity index (χ0v) is 13.8. The van der Waals surface area contributed by atoms with Crippen molar-refractivity contribution >= 4 is 23.1 Å². The largest absolute Gasteiger partial charge is 0.364 e. The van der Waals surface area contributed by atoms with Gasteiger partial charge in [0.05, 0.1) is 11.9 Å². The molecule has 0 bridgehead atoms. The minimum absolute atomic E-state index is 0.306. The molecule has 4 rings (SSSR count). The van der Waals surface area contributed by atoms with E-state index >= 15 is 0 Å². The molecule has 3 heterocycles. The molecule has 0 atom stereocenters. The van der Waals surface area contributed by atoms with Gasteiger partial charge in [-0.25, -0.2) is 13.9 Å². The highest BCUT2D eigenvalue weighted by Gasteiger charge is 2.08. The average Bonchev–Trinajstić information content (AvgIpc) is 3.05. The maximum absolute atomic E-state index is 13.9. The average molecular weight is 354 g/mol. The lowest BCUT2D eigenvalue weighted by atomic mass is 10.2. The summed E-state index contributed by atoms with van der Waals surface area (Å²) < 4.78 is 15.6. The Hall–Kier alpha value is -2.99. The van der Waals surface area contributed by atoms with Crippen LogP contribution < -0.4 is 5.32 Å². The Bertz CT molecular complexity index is 1030. The first-order valence-electron chi connectivity index (χ1n) is 7.64. The minimum atomic E-state index is -0.346. The van der Waals surface area contributed by atoms with Crippen molar-refractivity contribution in [3.8, 4) is 11.3 Å². The van der Waals surface area contributed by atoms with E-state index in [-0.39, 0.29) is 5.82 Å². The summed E-state index contributed by atoms with van der Waals surface area (Å²) in [4.78, 5) is 8.38. The maximum Gasteiger partial charge on any atom is 0.154 e. The van der Waals surface area contributed by atoms with E-state index in [1.165, 1.54) is 6.07 Å². The van der Waals surface area contributed by atoms with Gasteiger partial charge in [-0.05, 0) is 36.4 Å². The highest BCUT2D eigenvalue weighted by atomic mass is 35.5. The first kappa shape index (κ1) is 15.5. The van der Waals surface area contributed by atoms with E-state index in [2.05, 4.69) is 20.4 Å². The molecule has 0 saturated heterocycles. The van der Waals surface area contributed by atoms with Gasteiger partial charge in [-0.3, -0.25) is 4.98 Å². The molecule has 3 aromatic heterocycles. The second kappa shape index (κ2) is 6.49. The van der Waals surface area contributed by atoms with Crippen molar-refractivity contribution in [3.63, 3.8) is 0 Å². The topological polar surface area (TPSA) is 55.1 Å². The fourth-order valence-corrected chi connectivity index (χ4v) is 2.70. The molecule has 0 radical (unpaired) electrons. The molecule has 0 aliphatic heterocycles. The lowest BCUT2D eigenvalue weighted by Gasteiger charge is -2.08. The predicted octanol–water partition coefficient (Wildman–Crippen LogP) is 4.20. The summed E-state index contributed by atoms with van der Waals surface area (Å²) >= 11 is 5.78.